The highest BCUT2D eigenvalue weighted by Crippen LogP contribution is 2.31. The van der Waals surface area contributed by atoms with E-state index < -0.39 is 0 Å². The molecule has 0 unspecified atom stereocenters. The Morgan fingerprint density at radius 1 is 1.07 bits per heavy atom. The topological polar surface area (TPSA) is 83.8 Å². The van der Waals surface area contributed by atoms with Crippen molar-refractivity contribution in [1.29, 1.82) is 0 Å². The molecule has 0 aliphatic rings. The van der Waals surface area contributed by atoms with Crippen LogP contribution in [0.5, 0.6) is 0 Å². The molecule has 2 heterocycles. The van der Waals surface area contributed by atoms with Gasteiger partial charge < -0.3 is 14.7 Å². The Hall–Kier alpha value is -3.06. The van der Waals surface area contributed by atoms with E-state index in [1.165, 1.54) is 17.3 Å². The van der Waals surface area contributed by atoms with E-state index in [4.69, 9.17) is 4.42 Å². The lowest BCUT2D eigenvalue weighted by Crippen LogP contribution is -2.22. The number of para-hydroxylation sites is 1. The van der Waals surface area contributed by atoms with E-state index in [2.05, 4.69) is 34.3 Å². The number of H-pyrrole nitrogens is 1. The number of rotatable bonds is 6. The number of anilines is 1. The second kappa shape index (κ2) is 8.13. The van der Waals surface area contributed by atoms with Crippen molar-refractivity contribution in [3.05, 3.63) is 60.3 Å². The van der Waals surface area contributed by atoms with Crippen LogP contribution in [-0.4, -0.2) is 26.3 Å². The van der Waals surface area contributed by atoms with E-state index >= 15 is 0 Å². The molecule has 148 valence electrons. The molecule has 0 spiro atoms. The lowest BCUT2D eigenvalue weighted by molar-refractivity contribution is -0.115. The molecule has 1 amide bonds. The van der Waals surface area contributed by atoms with Crippen molar-refractivity contribution in [2.75, 3.05) is 5.32 Å². The summed E-state index contributed by atoms with van der Waals surface area (Å²) in [5.41, 5.74) is 3.87. The summed E-state index contributed by atoms with van der Waals surface area (Å²) < 4.78 is 5.79. The number of aromatic nitrogens is 3. The van der Waals surface area contributed by atoms with Gasteiger partial charge in [-0.25, -0.2) is 0 Å². The molecule has 7 heteroatoms. The van der Waals surface area contributed by atoms with E-state index in [0.29, 0.717) is 17.0 Å². The molecule has 4 rings (SSSR count). The van der Waals surface area contributed by atoms with Crippen molar-refractivity contribution in [2.24, 2.45) is 0 Å². The Morgan fingerprint density at radius 3 is 2.59 bits per heavy atom. The minimum atomic E-state index is -0.379. The van der Waals surface area contributed by atoms with Gasteiger partial charge in [0.05, 0.1) is 10.8 Å². The van der Waals surface area contributed by atoms with Crippen LogP contribution in [0.1, 0.15) is 32.3 Å². The Balaban J connectivity index is 1.42. The minimum Gasteiger partial charge on any atom is -0.411 e. The maximum atomic E-state index is 12.5. The van der Waals surface area contributed by atoms with E-state index in [-0.39, 0.29) is 11.2 Å². The van der Waals surface area contributed by atoms with Crippen LogP contribution in [0.3, 0.4) is 0 Å². The van der Waals surface area contributed by atoms with Crippen LogP contribution < -0.4 is 5.32 Å². The molecule has 0 saturated carbocycles. The summed E-state index contributed by atoms with van der Waals surface area (Å²) in [6, 6.07) is 15.8. The third kappa shape index (κ3) is 4.19. The number of carbonyl (C=O) groups excluding carboxylic acids is 1. The van der Waals surface area contributed by atoms with Gasteiger partial charge in [-0.1, -0.05) is 55.9 Å². The van der Waals surface area contributed by atoms with Crippen LogP contribution in [0.2, 0.25) is 0 Å². The lowest BCUT2D eigenvalue weighted by Gasteiger charge is -2.11. The van der Waals surface area contributed by atoms with Crippen LogP contribution in [-0.2, 0) is 4.79 Å². The highest BCUT2D eigenvalue weighted by atomic mass is 32.2. The van der Waals surface area contributed by atoms with E-state index in [1.54, 1.807) is 0 Å². The zero-order chi connectivity index (χ0) is 20.4. The number of thioether (sulfide) groups is 1. The van der Waals surface area contributed by atoms with Crippen molar-refractivity contribution in [1.82, 2.24) is 15.2 Å². The molecule has 29 heavy (non-hydrogen) atoms. The molecule has 0 bridgehead atoms. The lowest BCUT2D eigenvalue weighted by atomic mass is 10.0. The standard InChI is InChI=1S/C22H22N4O2S/c1-13(2)15-8-10-16(11-9-15)24-20(27)14(3)29-22-26-25-21(28-22)18-12-23-19-7-5-4-6-17(18)19/h4-14,23H,1-3H3,(H,24,27)/t14-/m1/s1. The van der Waals surface area contributed by atoms with Crippen LogP contribution in [0, 0.1) is 0 Å². The van der Waals surface area contributed by atoms with Crippen molar-refractivity contribution >= 4 is 34.3 Å². The molecule has 0 aliphatic carbocycles. The number of carbonyl (C=O) groups is 1. The molecule has 2 aromatic heterocycles. The Kier molecular flexibility index (Phi) is 5.40. The average Bonchev–Trinajstić information content (AvgIpc) is 3.35. The Morgan fingerprint density at radius 2 is 1.83 bits per heavy atom. The SMILES string of the molecule is CC(C)c1ccc(NC(=O)[C@@H](C)Sc2nnc(-c3c[nH]c4ccccc34)o2)cc1. The van der Waals surface area contributed by atoms with Gasteiger partial charge in [0.2, 0.25) is 5.91 Å². The van der Waals surface area contributed by atoms with Crippen molar-refractivity contribution in [3.8, 4) is 11.5 Å². The van der Waals surface area contributed by atoms with Crippen LogP contribution in [0.15, 0.2) is 64.4 Å². The predicted molar refractivity (Wildman–Crippen MR) is 116 cm³/mol. The summed E-state index contributed by atoms with van der Waals surface area (Å²) in [5, 5.41) is 12.2. The molecule has 0 saturated heterocycles. The second-order valence-electron chi connectivity index (χ2n) is 7.15. The van der Waals surface area contributed by atoms with E-state index in [0.717, 1.165) is 22.2 Å². The highest BCUT2D eigenvalue weighted by molar-refractivity contribution is 8.00. The minimum absolute atomic E-state index is 0.112. The monoisotopic (exact) mass is 406 g/mol. The molecular weight excluding hydrogens is 384 g/mol. The Labute approximate surface area is 173 Å². The van der Waals surface area contributed by atoms with E-state index in [1.807, 2.05) is 61.7 Å². The zero-order valence-corrected chi connectivity index (χ0v) is 17.3. The molecule has 0 aliphatic heterocycles. The number of benzene rings is 2. The van der Waals surface area contributed by atoms with Gasteiger partial charge in [0, 0.05) is 22.8 Å². The largest absolute Gasteiger partial charge is 0.411 e. The first-order chi connectivity index (χ1) is 14.0. The number of aromatic amines is 1. The zero-order valence-electron chi connectivity index (χ0n) is 16.5. The molecule has 2 N–H and O–H groups in total. The van der Waals surface area contributed by atoms with Gasteiger partial charge >= 0.3 is 0 Å². The van der Waals surface area contributed by atoms with Crippen molar-refractivity contribution < 1.29 is 9.21 Å². The fourth-order valence-corrected chi connectivity index (χ4v) is 3.70. The molecule has 2 aromatic carbocycles. The first-order valence-corrected chi connectivity index (χ1v) is 10.4. The van der Waals surface area contributed by atoms with Gasteiger partial charge in [-0.05, 0) is 36.6 Å². The maximum absolute atomic E-state index is 12.5. The summed E-state index contributed by atoms with van der Waals surface area (Å²) in [4.78, 5) is 15.7. The summed E-state index contributed by atoms with van der Waals surface area (Å²) in [7, 11) is 0. The van der Waals surface area contributed by atoms with Gasteiger partial charge in [-0.3, -0.25) is 4.79 Å². The van der Waals surface area contributed by atoms with Gasteiger partial charge in [0.1, 0.15) is 0 Å². The summed E-state index contributed by atoms with van der Waals surface area (Å²) in [6.07, 6.45) is 1.85. The first kappa shape index (κ1) is 19.3. The van der Waals surface area contributed by atoms with Gasteiger partial charge in [0.15, 0.2) is 0 Å². The molecular formula is C22H22N4O2S. The van der Waals surface area contributed by atoms with Crippen LogP contribution in [0.25, 0.3) is 22.4 Å². The number of amides is 1. The van der Waals surface area contributed by atoms with Crippen LogP contribution >= 0.6 is 11.8 Å². The quantitative estimate of drug-likeness (QED) is 0.415. The molecule has 6 nitrogen and oxygen atoms in total. The molecule has 1 atom stereocenters. The third-order valence-electron chi connectivity index (χ3n) is 4.72. The summed E-state index contributed by atoms with van der Waals surface area (Å²) in [5.74, 6) is 0.777. The van der Waals surface area contributed by atoms with Crippen molar-refractivity contribution in [3.63, 3.8) is 0 Å². The number of fused-ring (bicyclic) bond motifs is 1. The van der Waals surface area contributed by atoms with Gasteiger partial charge in [-0.15, -0.1) is 10.2 Å². The number of nitrogens with zero attached hydrogens (tertiary/aromatic N) is 2. The number of hydrogen-bond donors (Lipinski definition) is 2. The Bertz CT molecular complexity index is 1130. The third-order valence-corrected chi connectivity index (χ3v) is 5.65. The van der Waals surface area contributed by atoms with Crippen LogP contribution in [0.4, 0.5) is 5.69 Å². The predicted octanol–water partition coefficient (Wildman–Crippen LogP) is 5.46. The fraction of sp³-hybridized carbons (Fsp3) is 0.227. The average molecular weight is 407 g/mol. The number of nitrogens with one attached hydrogen (secondary N) is 2. The normalized spacial score (nSPS) is 12.4. The summed E-state index contributed by atoms with van der Waals surface area (Å²) in [6.45, 7) is 6.10. The number of hydrogen-bond acceptors (Lipinski definition) is 5. The highest BCUT2D eigenvalue weighted by Gasteiger charge is 2.20. The molecule has 0 fully saturated rings. The second-order valence-corrected chi connectivity index (χ2v) is 8.44. The maximum Gasteiger partial charge on any atom is 0.277 e. The molecule has 4 aromatic rings. The van der Waals surface area contributed by atoms with E-state index in [9.17, 15) is 4.79 Å². The van der Waals surface area contributed by atoms with Crippen molar-refractivity contribution in [2.45, 2.75) is 37.2 Å². The first-order valence-electron chi connectivity index (χ1n) is 9.48. The summed E-state index contributed by atoms with van der Waals surface area (Å²) >= 11 is 1.24. The van der Waals surface area contributed by atoms with Gasteiger partial charge in [0.25, 0.3) is 11.1 Å². The van der Waals surface area contributed by atoms with Gasteiger partial charge in [-0.2, -0.15) is 0 Å². The molecule has 0 radical (unpaired) electrons. The fourth-order valence-electron chi connectivity index (χ4n) is 3.01. The smallest absolute Gasteiger partial charge is 0.277 e.